The molecule has 2 atom stereocenters. The van der Waals surface area contributed by atoms with E-state index < -0.39 is 18.0 Å². The summed E-state index contributed by atoms with van der Waals surface area (Å²) in [5.74, 6) is 0.737. The van der Waals surface area contributed by atoms with E-state index in [1.807, 2.05) is 5.38 Å². The summed E-state index contributed by atoms with van der Waals surface area (Å²) in [4.78, 5) is 26.1. The van der Waals surface area contributed by atoms with E-state index in [1.165, 1.54) is 4.88 Å². The Morgan fingerprint density at radius 3 is 3.00 bits per heavy atom. The van der Waals surface area contributed by atoms with Crippen molar-refractivity contribution < 1.29 is 18.8 Å². The van der Waals surface area contributed by atoms with Crippen LogP contribution in [0.15, 0.2) is 16.0 Å². The normalized spacial score (nSPS) is 17.6. The van der Waals surface area contributed by atoms with Gasteiger partial charge in [0.05, 0.1) is 5.56 Å². The van der Waals surface area contributed by atoms with Crippen LogP contribution in [-0.2, 0) is 22.4 Å². The van der Waals surface area contributed by atoms with Crippen LogP contribution in [0.3, 0.4) is 0 Å². The van der Waals surface area contributed by atoms with Gasteiger partial charge in [-0.3, -0.25) is 4.79 Å². The first kappa shape index (κ1) is 17.7. The van der Waals surface area contributed by atoms with Gasteiger partial charge >= 0.3 is 5.97 Å². The number of nitrogens with zero attached hydrogens (tertiary/aromatic N) is 1. The zero-order chi connectivity index (χ0) is 18.0. The summed E-state index contributed by atoms with van der Waals surface area (Å²) >= 11 is 1.61. The number of carbonyl (C=O) groups is 2. The molecule has 1 aliphatic rings. The fourth-order valence-electron chi connectivity index (χ4n) is 3.00. The summed E-state index contributed by atoms with van der Waals surface area (Å²) in [6.45, 7) is 5.76. The molecule has 0 spiro atoms. The predicted octanol–water partition coefficient (Wildman–Crippen LogP) is 3.74. The van der Waals surface area contributed by atoms with Crippen molar-refractivity contribution in [1.82, 2.24) is 5.16 Å². The molecular weight excluding hydrogens is 340 g/mol. The molecule has 6 nitrogen and oxygen atoms in total. The Morgan fingerprint density at radius 1 is 1.52 bits per heavy atom. The first-order valence-corrected chi connectivity index (χ1v) is 9.40. The number of hydrogen-bond acceptors (Lipinski definition) is 6. The van der Waals surface area contributed by atoms with E-state index in [9.17, 15) is 9.59 Å². The fraction of sp³-hybridized carbons (Fsp3) is 0.500. The lowest BCUT2D eigenvalue weighted by atomic mass is 9.88. The first-order chi connectivity index (χ1) is 12.0. The van der Waals surface area contributed by atoms with Gasteiger partial charge in [0, 0.05) is 16.3 Å². The molecule has 2 aromatic heterocycles. The second-order valence-electron chi connectivity index (χ2n) is 6.51. The molecule has 0 fully saturated rings. The lowest BCUT2D eigenvalue weighted by Gasteiger charge is -2.19. The monoisotopic (exact) mass is 362 g/mol. The van der Waals surface area contributed by atoms with Crippen molar-refractivity contribution in [2.45, 2.75) is 52.6 Å². The highest BCUT2D eigenvalue weighted by Gasteiger charge is 2.27. The third kappa shape index (κ3) is 3.92. The molecule has 0 radical (unpaired) electrons. The molecule has 0 bridgehead atoms. The second-order valence-corrected chi connectivity index (χ2v) is 7.48. The third-order valence-corrected chi connectivity index (χ3v) is 5.46. The van der Waals surface area contributed by atoms with Gasteiger partial charge in [0.1, 0.15) is 5.76 Å². The molecule has 134 valence electrons. The SMILES string of the molecule is CC[C@H](OC(=O)c1csc2c1CC[C@H](C)C2)C(=O)Nc1cc(C)on1. The number of amides is 1. The molecule has 0 saturated carbocycles. The average molecular weight is 362 g/mol. The molecule has 0 saturated heterocycles. The molecule has 1 amide bonds. The summed E-state index contributed by atoms with van der Waals surface area (Å²) in [5, 5.41) is 8.19. The van der Waals surface area contributed by atoms with E-state index in [4.69, 9.17) is 9.26 Å². The van der Waals surface area contributed by atoms with Crippen molar-refractivity contribution in [3.05, 3.63) is 33.2 Å². The van der Waals surface area contributed by atoms with Crippen LogP contribution >= 0.6 is 11.3 Å². The Kier molecular flexibility index (Phi) is 5.22. The minimum Gasteiger partial charge on any atom is -0.449 e. The van der Waals surface area contributed by atoms with Crippen LogP contribution in [-0.4, -0.2) is 23.1 Å². The van der Waals surface area contributed by atoms with Gasteiger partial charge in [0.2, 0.25) is 0 Å². The predicted molar refractivity (Wildman–Crippen MR) is 94.9 cm³/mol. The quantitative estimate of drug-likeness (QED) is 0.819. The molecule has 1 N–H and O–H groups in total. The maximum absolute atomic E-state index is 12.6. The highest BCUT2D eigenvalue weighted by atomic mass is 32.1. The minimum atomic E-state index is -0.859. The van der Waals surface area contributed by atoms with Crippen LogP contribution in [0, 0.1) is 12.8 Å². The van der Waals surface area contributed by atoms with E-state index in [2.05, 4.69) is 17.4 Å². The summed E-state index contributed by atoms with van der Waals surface area (Å²) in [7, 11) is 0. The number of rotatable bonds is 5. The summed E-state index contributed by atoms with van der Waals surface area (Å²) < 4.78 is 10.4. The summed E-state index contributed by atoms with van der Waals surface area (Å²) in [5.41, 5.74) is 1.70. The number of hydrogen-bond donors (Lipinski definition) is 1. The van der Waals surface area contributed by atoms with E-state index in [-0.39, 0.29) is 0 Å². The summed E-state index contributed by atoms with van der Waals surface area (Å²) in [6.07, 6.45) is 2.51. The minimum absolute atomic E-state index is 0.318. The van der Waals surface area contributed by atoms with Gasteiger partial charge in [-0.2, -0.15) is 0 Å². The van der Waals surface area contributed by atoms with Crippen molar-refractivity contribution >= 4 is 29.0 Å². The Balaban J connectivity index is 1.67. The molecule has 0 unspecified atom stereocenters. The van der Waals surface area contributed by atoms with Crippen LogP contribution in [0.1, 0.15) is 53.2 Å². The largest absolute Gasteiger partial charge is 0.449 e. The van der Waals surface area contributed by atoms with E-state index in [0.29, 0.717) is 29.5 Å². The van der Waals surface area contributed by atoms with Crippen LogP contribution in [0.25, 0.3) is 0 Å². The average Bonchev–Trinajstić information content (AvgIpc) is 3.17. The van der Waals surface area contributed by atoms with Crippen LogP contribution in [0.2, 0.25) is 0 Å². The highest BCUT2D eigenvalue weighted by Crippen LogP contribution is 2.33. The van der Waals surface area contributed by atoms with Crippen molar-refractivity contribution in [3.8, 4) is 0 Å². The number of aromatic nitrogens is 1. The maximum Gasteiger partial charge on any atom is 0.340 e. The van der Waals surface area contributed by atoms with E-state index >= 15 is 0 Å². The Hall–Kier alpha value is -2.15. The topological polar surface area (TPSA) is 81.4 Å². The molecule has 0 aromatic carbocycles. The number of fused-ring (bicyclic) bond motifs is 1. The van der Waals surface area contributed by atoms with Crippen molar-refractivity contribution in [3.63, 3.8) is 0 Å². The zero-order valence-electron chi connectivity index (χ0n) is 14.6. The van der Waals surface area contributed by atoms with E-state index in [0.717, 1.165) is 24.8 Å². The summed E-state index contributed by atoms with van der Waals surface area (Å²) in [6, 6.07) is 1.61. The van der Waals surface area contributed by atoms with Gasteiger partial charge in [-0.1, -0.05) is 19.0 Å². The van der Waals surface area contributed by atoms with Gasteiger partial charge in [-0.25, -0.2) is 4.79 Å². The number of carbonyl (C=O) groups excluding carboxylic acids is 2. The third-order valence-electron chi connectivity index (χ3n) is 4.41. The standard InChI is InChI=1S/C18H22N2O4S/c1-4-14(17(21)19-16-8-11(3)24-20-16)23-18(22)13-9-25-15-7-10(2)5-6-12(13)15/h8-10,14H,4-7H2,1-3H3,(H,19,20,21)/t10-,14-/m0/s1. The zero-order valence-corrected chi connectivity index (χ0v) is 15.4. The number of anilines is 1. The molecule has 7 heteroatoms. The second kappa shape index (κ2) is 7.39. The van der Waals surface area contributed by atoms with Gasteiger partial charge in [0.25, 0.3) is 5.91 Å². The molecule has 25 heavy (non-hydrogen) atoms. The smallest absolute Gasteiger partial charge is 0.340 e. The van der Waals surface area contributed by atoms with Crippen molar-refractivity contribution in [2.75, 3.05) is 5.32 Å². The molecule has 1 aliphatic carbocycles. The highest BCUT2D eigenvalue weighted by molar-refractivity contribution is 7.10. The Morgan fingerprint density at radius 2 is 2.32 bits per heavy atom. The lowest BCUT2D eigenvalue weighted by molar-refractivity contribution is -0.124. The first-order valence-electron chi connectivity index (χ1n) is 8.52. The number of ether oxygens (including phenoxy) is 1. The molecule has 2 heterocycles. The number of thiophene rings is 1. The molecule has 0 aliphatic heterocycles. The number of aryl methyl sites for hydroxylation is 1. The van der Waals surface area contributed by atoms with Gasteiger partial charge in [0.15, 0.2) is 11.9 Å². The molecule has 3 rings (SSSR count). The molecular formula is C18H22N2O4S. The Labute approximate surface area is 150 Å². The Bertz CT molecular complexity index is 780. The lowest BCUT2D eigenvalue weighted by Crippen LogP contribution is -2.32. The van der Waals surface area contributed by atoms with Gasteiger partial charge in [-0.05, 0) is 44.1 Å². The number of nitrogens with one attached hydrogen (secondary N) is 1. The van der Waals surface area contributed by atoms with Crippen LogP contribution in [0.5, 0.6) is 0 Å². The van der Waals surface area contributed by atoms with Gasteiger partial charge in [-0.15, -0.1) is 11.3 Å². The maximum atomic E-state index is 12.6. The van der Waals surface area contributed by atoms with Crippen molar-refractivity contribution in [1.29, 1.82) is 0 Å². The van der Waals surface area contributed by atoms with Crippen molar-refractivity contribution in [2.24, 2.45) is 5.92 Å². The van der Waals surface area contributed by atoms with Crippen LogP contribution < -0.4 is 5.32 Å². The van der Waals surface area contributed by atoms with E-state index in [1.54, 1.807) is 31.3 Å². The fourth-order valence-corrected chi connectivity index (χ4v) is 4.23. The van der Waals surface area contributed by atoms with Gasteiger partial charge < -0.3 is 14.6 Å². The molecule has 2 aromatic rings. The van der Waals surface area contributed by atoms with Crippen LogP contribution in [0.4, 0.5) is 5.82 Å². The number of esters is 1.